The molecule has 0 saturated heterocycles. The molecule has 0 atom stereocenters. The van der Waals surface area contributed by atoms with Crippen molar-refractivity contribution in [2.24, 2.45) is 14.1 Å². The fourth-order valence-corrected chi connectivity index (χ4v) is 4.82. The highest BCUT2D eigenvalue weighted by atomic mass is 32.2. The summed E-state index contributed by atoms with van der Waals surface area (Å²) in [4.78, 5) is 0. The molecule has 0 unspecified atom stereocenters. The van der Waals surface area contributed by atoms with E-state index in [1.807, 2.05) is 11.8 Å². The van der Waals surface area contributed by atoms with E-state index in [2.05, 4.69) is 94.7 Å². The van der Waals surface area contributed by atoms with Crippen LogP contribution in [0.5, 0.6) is 0 Å². The molecule has 0 aliphatic rings. The fourth-order valence-electron chi connectivity index (χ4n) is 3.99. The number of benzene rings is 2. The highest BCUT2D eigenvalue weighted by Gasteiger charge is 2.19. The normalized spacial score (nSPS) is 11.7. The Kier molecular flexibility index (Phi) is 4.96. The number of nitrogens with zero attached hydrogens (tertiary/aromatic N) is 4. The van der Waals surface area contributed by atoms with Gasteiger partial charge >= 0.3 is 0 Å². The number of hydrogen-bond acceptors (Lipinski definition) is 1. The Morgan fingerprint density at radius 1 is 0.704 bits per heavy atom. The van der Waals surface area contributed by atoms with Gasteiger partial charge in [0.25, 0.3) is 11.6 Å². The lowest BCUT2D eigenvalue weighted by Crippen LogP contribution is -2.31. The summed E-state index contributed by atoms with van der Waals surface area (Å²) in [6.07, 6.45) is 0. The molecule has 0 aliphatic heterocycles. The maximum atomic E-state index is 2.44. The summed E-state index contributed by atoms with van der Waals surface area (Å²) in [6, 6.07) is 17.3. The van der Waals surface area contributed by atoms with Crippen molar-refractivity contribution in [2.45, 2.75) is 26.9 Å². The van der Waals surface area contributed by atoms with Crippen LogP contribution >= 0.6 is 11.8 Å². The van der Waals surface area contributed by atoms with Gasteiger partial charge in [-0.25, -0.2) is 18.3 Å². The Morgan fingerprint density at radius 3 is 1.56 bits per heavy atom. The van der Waals surface area contributed by atoms with Crippen LogP contribution in [0, 0.1) is 13.8 Å². The van der Waals surface area contributed by atoms with Gasteiger partial charge in [0, 0.05) is 25.4 Å². The van der Waals surface area contributed by atoms with Gasteiger partial charge in [-0.15, -0.1) is 0 Å². The van der Waals surface area contributed by atoms with Crippen LogP contribution in [0.25, 0.3) is 22.1 Å². The van der Waals surface area contributed by atoms with Crippen molar-refractivity contribution in [1.29, 1.82) is 0 Å². The molecule has 0 aliphatic carbocycles. The summed E-state index contributed by atoms with van der Waals surface area (Å²) < 4.78 is 9.46. The molecular weight excluding hydrogens is 352 g/mol. The molecule has 2 heterocycles. The molecule has 0 radical (unpaired) electrons. The van der Waals surface area contributed by atoms with Crippen LogP contribution in [0.15, 0.2) is 48.5 Å². The van der Waals surface area contributed by atoms with Crippen LogP contribution in [-0.2, 0) is 27.2 Å². The molecule has 140 valence electrons. The van der Waals surface area contributed by atoms with E-state index in [-0.39, 0.29) is 0 Å². The SMILES string of the molecule is Cc1n(CCSCCn2c(C)[n+](C)c3ccccc32)c2ccccc2[n+]1C. The third kappa shape index (κ3) is 3.14. The van der Waals surface area contributed by atoms with Crippen molar-refractivity contribution in [3.05, 3.63) is 60.2 Å². The minimum atomic E-state index is 1.05. The van der Waals surface area contributed by atoms with Crippen molar-refractivity contribution in [1.82, 2.24) is 9.13 Å². The van der Waals surface area contributed by atoms with E-state index in [4.69, 9.17) is 0 Å². The third-order valence-electron chi connectivity index (χ3n) is 5.74. The zero-order valence-electron chi connectivity index (χ0n) is 16.6. The first kappa shape index (κ1) is 18.1. The van der Waals surface area contributed by atoms with Gasteiger partial charge in [0.15, 0.2) is 22.1 Å². The summed E-state index contributed by atoms with van der Waals surface area (Å²) in [7, 11) is 4.31. The summed E-state index contributed by atoms with van der Waals surface area (Å²) in [5.74, 6) is 4.89. The number of imidazole rings is 2. The van der Waals surface area contributed by atoms with E-state index in [1.54, 1.807) is 0 Å². The van der Waals surface area contributed by atoms with Crippen molar-refractivity contribution >= 4 is 33.8 Å². The predicted molar refractivity (Wildman–Crippen MR) is 113 cm³/mol. The number of aromatic nitrogens is 4. The maximum absolute atomic E-state index is 2.44. The standard InChI is InChI=1S/C22H28N4S/c1-17-23(3)19-9-5-7-11-21(19)25(17)13-15-27-16-14-26-18(2)24(4)20-10-6-8-12-22(20)26/h5-12H,13-16H2,1-4H3/q+2. The number of para-hydroxylation sites is 4. The molecule has 0 amide bonds. The lowest BCUT2D eigenvalue weighted by molar-refractivity contribution is -0.652. The molecule has 2 aromatic carbocycles. The molecule has 0 fully saturated rings. The Bertz CT molecular complexity index is 1020. The average molecular weight is 381 g/mol. The van der Waals surface area contributed by atoms with E-state index in [1.165, 1.54) is 33.7 Å². The predicted octanol–water partition coefficient (Wildman–Crippen LogP) is 3.30. The van der Waals surface area contributed by atoms with Crippen LogP contribution in [0.3, 0.4) is 0 Å². The number of rotatable bonds is 6. The maximum Gasteiger partial charge on any atom is 0.254 e. The summed E-state index contributed by atoms with van der Waals surface area (Å²) in [5.41, 5.74) is 5.28. The average Bonchev–Trinajstić information content (AvgIpc) is 3.08. The molecule has 5 heteroatoms. The van der Waals surface area contributed by atoms with Crippen LogP contribution < -0.4 is 9.13 Å². The molecular formula is C22H28N4S+2. The number of hydrogen-bond donors (Lipinski definition) is 0. The van der Waals surface area contributed by atoms with E-state index in [0.29, 0.717) is 0 Å². The van der Waals surface area contributed by atoms with Gasteiger partial charge in [-0.05, 0) is 24.3 Å². The van der Waals surface area contributed by atoms with E-state index < -0.39 is 0 Å². The highest BCUT2D eigenvalue weighted by Crippen LogP contribution is 2.17. The van der Waals surface area contributed by atoms with E-state index in [0.717, 1.165) is 24.6 Å². The van der Waals surface area contributed by atoms with Gasteiger partial charge in [-0.1, -0.05) is 24.3 Å². The fraction of sp³-hybridized carbons (Fsp3) is 0.364. The van der Waals surface area contributed by atoms with Crippen molar-refractivity contribution in [3.8, 4) is 0 Å². The van der Waals surface area contributed by atoms with Gasteiger partial charge in [-0.2, -0.15) is 11.8 Å². The van der Waals surface area contributed by atoms with Crippen LogP contribution in [-0.4, -0.2) is 20.6 Å². The molecule has 4 nitrogen and oxygen atoms in total. The van der Waals surface area contributed by atoms with Gasteiger partial charge in [0.1, 0.15) is 0 Å². The van der Waals surface area contributed by atoms with E-state index in [9.17, 15) is 0 Å². The number of aryl methyl sites for hydroxylation is 4. The molecule has 27 heavy (non-hydrogen) atoms. The van der Waals surface area contributed by atoms with Crippen molar-refractivity contribution in [3.63, 3.8) is 0 Å². The smallest absolute Gasteiger partial charge is 0.230 e. The Labute approximate surface area is 165 Å². The lowest BCUT2D eigenvalue weighted by atomic mass is 10.3. The zero-order valence-corrected chi connectivity index (χ0v) is 17.5. The lowest BCUT2D eigenvalue weighted by Gasteiger charge is -2.02. The Balaban J connectivity index is 1.41. The topological polar surface area (TPSA) is 17.6 Å². The van der Waals surface area contributed by atoms with Gasteiger partial charge in [-0.3, -0.25) is 0 Å². The van der Waals surface area contributed by atoms with Crippen LogP contribution in [0.2, 0.25) is 0 Å². The number of thioether (sulfide) groups is 1. The molecule has 0 saturated carbocycles. The second-order valence-electron chi connectivity index (χ2n) is 7.11. The highest BCUT2D eigenvalue weighted by molar-refractivity contribution is 7.99. The first-order valence-electron chi connectivity index (χ1n) is 9.55. The molecule has 0 bridgehead atoms. The van der Waals surface area contributed by atoms with Gasteiger partial charge < -0.3 is 0 Å². The molecule has 0 N–H and O–H groups in total. The van der Waals surface area contributed by atoms with E-state index >= 15 is 0 Å². The zero-order chi connectivity index (χ0) is 19.0. The first-order valence-corrected chi connectivity index (χ1v) is 10.7. The van der Waals surface area contributed by atoms with Crippen molar-refractivity contribution < 1.29 is 9.13 Å². The monoisotopic (exact) mass is 380 g/mol. The van der Waals surface area contributed by atoms with Gasteiger partial charge in [0.2, 0.25) is 0 Å². The number of fused-ring (bicyclic) bond motifs is 2. The minimum Gasteiger partial charge on any atom is -0.230 e. The Hall–Kier alpha value is -2.27. The summed E-state index contributed by atoms with van der Waals surface area (Å²) >= 11 is 2.04. The largest absolute Gasteiger partial charge is 0.254 e. The summed E-state index contributed by atoms with van der Waals surface area (Å²) in [5, 5.41) is 0. The third-order valence-corrected chi connectivity index (χ3v) is 6.68. The quantitative estimate of drug-likeness (QED) is 0.371. The molecule has 2 aromatic heterocycles. The minimum absolute atomic E-state index is 1.05. The molecule has 0 spiro atoms. The summed E-state index contributed by atoms with van der Waals surface area (Å²) in [6.45, 7) is 6.52. The second-order valence-corrected chi connectivity index (χ2v) is 8.33. The Morgan fingerprint density at radius 2 is 1.11 bits per heavy atom. The molecule has 4 rings (SSSR count). The molecule has 4 aromatic rings. The van der Waals surface area contributed by atoms with Gasteiger partial charge in [0.05, 0.1) is 27.2 Å². The van der Waals surface area contributed by atoms with Crippen LogP contribution in [0.1, 0.15) is 11.6 Å². The first-order chi connectivity index (χ1) is 13.1. The van der Waals surface area contributed by atoms with Crippen molar-refractivity contribution in [2.75, 3.05) is 11.5 Å². The second kappa shape index (κ2) is 7.39. The van der Waals surface area contributed by atoms with Crippen LogP contribution in [0.4, 0.5) is 0 Å².